The molecule has 0 saturated heterocycles. The Bertz CT molecular complexity index is 549. The summed E-state index contributed by atoms with van der Waals surface area (Å²) in [6.07, 6.45) is 9.60. The van der Waals surface area contributed by atoms with Crippen molar-refractivity contribution in [1.29, 1.82) is 0 Å². The van der Waals surface area contributed by atoms with E-state index in [9.17, 15) is 0 Å². The van der Waals surface area contributed by atoms with E-state index in [2.05, 4.69) is 105 Å². The standard InChI is InChI=1S/C14H22.C10H13I/c1-2-3-4-5-6-8-11-14-12-9-7-10-13-14;1-10(2,3)8-4-6-9(11)7-5-8/h7,9-10,12-13H,2-6,8,11H2,1H3;4-7H,1-3H3. The Morgan fingerprint density at radius 1 is 0.720 bits per heavy atom. The Morgan fingerprint density at radius 3 is 1.84 bits per heavy atom. The monoisotopic (exact) mass is 450 g/mol. The second-order valence-electron chi connectivity index (χ2n) is 7.76. The quantitative estimate of drug-likeness (QED) is 0.295. The Hall–Kier alpha value is -0.830. The van der Waals surface area contributed by atoms with Crippen LogP contribution in [0.5, 0.6) is 0 Å². The molecule has 0 aliphatic rings. The van der Waals surface area contributed by atoms with Crippen LogP contribution in [0.2, 0.25) is 0 Å². The van der Waals surface area contributed by atoms with Gasteiger partial charge in [0, 0.05) is 3.57 Å². The molecule has 0 aromatic heterocycles. The molecule has 0 aliphatic heterocycles. The van der Waals surface area contributed by atoms with Crippen LogP contribution < -0.4 is 0 Å². The van der Waals surface area contributed by atoms with Crippen molar-refractivity contribution in [3.63, 3.8) is 0 Å². The molecule has 2 aromatic carbocycles. The molecule has 25 heavy (non-hydrogen) atoms. The summed E-state index contributed by atoms with van der Waals surface area (Å²) >= 11 is 2.32. The van der Waals surface area contributed by atoms with E-state index in [-0.39, 0.29) is 5.41 Å². The van der Waals surface area contributed by atoms with Gasteiger partial charge < -0.3 is 0 Å². The zero-order valence-corrected chi connectivity index (χ0v) is 18.7. The molecule has 0 aliphatic carbocycles. The molecular weight excluding hydrogens is 415 g/mol. The molecule has 0 spiro atoms. The van der Waals surface area contributed by atoms with E-state index < -0.39 is 0 Å². The third-order valence-electron chi connectivity index (χ3n) is 4.37. The first kappa shape index (κ1) is 22.2. The molecule has 0 nitrogen and oxygen atoms in total. The van der Waals surface area contributed by atoms with Gasteiger partial charge in [0.25, 0.3) is 0 Å². The molecule has 0 amide bonds. The number of hydrogen-bond acceptors (Lipinski definition) is 0. The van der Waals surface area contributed by atoms with Crippen LogP contribution in [0.1, 0.15) is 77.3 Å². The minimum Gasteiger partial charge on any atom is -0.0654 e. The third kappa shape index (κ3) is 10.7. The largest absolute Gasteiger partial charge is 0.0654 e. The minimum absolute atomic E-state index is 0.282. The van der Waals surface area contributed by atoms with Crippen LogP contribution in [0.15, 0.2) is 54.6 Å². The third-order valence-corrected chi connectivity index (χ3v) is 5.09. The number of benzene rings is 2. The molecule has 0 atom stereocenters. The van der Waals surface area contributed by atoms with E-state index in [0.717, 1.165) is 0 Å². The van der Waals surface area contributed by atoms with Crippen molar-refractivity contribution >= 4 is 22.6 Å². The average Bonchev–Trinajstić information content (AvgIpc) is 2.59. The topological polar surface area (TPSA) is 0 Å². The molecule has 2 rings (SSSR count). The second kappa shape index (κ2) is 12.5. The SMILES string of the molecule is CC(C)(C)c1ccc(I)cc1.CCCCCCCCc1ccccc1. The van der Waals surface area contributed by atoms with Crippen molar-refractivity contribution in [3.05, 3.63) is 69.3 Å². The smallest absolute Gasteiger partial charge is 0.0130 e. The maximum Gasteiger partial charge on any atom is 0.0130 e. The summed E-state index contributed by atoms with van der Waals surface area (Å²) in [4.78, 5) is 0. The molecule has 0 unspecified atom stereocenters. The van der Waals surface area contributed by atoms with Gasteiger partial charge >= 0.3 is 0 Å². The number of halogens is 1. The van der Waals surface area contributed by atoms with E-state index >= 15 is 0 Å². The van der Waals surface area contributed by atoms with Crippen molar-refractivity contribution in [3.8, 4) is 0 Å². The molecule has 2 aromatic rings. The zero-order chi connectivity index (χ0) is 18.5. The summed E-state index contributed by atoms with van der Waals surface area (Å²) in [6.45, 7) is 8.96. The van der Waals surface area contributed by atoms with Gasteiger partial charge in [-0.05, 0) is 64.1 Å². The fourth-order valence-corrected chi connectivity index (χ4v) is 3.06. The van der Waals surface area contributed by atoms with Gasteiger partial charge in [0.2, 0.25) is 0 Å². The molecule has 1 heteroatoms. The first-order valence-electron chi connectivity index (χ1n) is 9.73. The van der Waals surface area contributed by atoms with E-state index in [1.165, 1.54) is 59.6 Å². The van der Waals surface area contributed by atoms with Crippen LogP contribution in [0.4, 0.5) is 0 Å². The van der Waals surface area contributed by atoms with E-state index in [1.807, 2.05) is 0 Å². The van der Waals surface area contributed by atoms with Crippen LogP contribution >= 0.6 is 22.6 Å². The maximum atomic E-state index is 2.32. The molecule has 0 bridgehead atoms. The fraction of sp³-hybridized carbons (Fsp3) is 0.500. The summed E-state index contributed by atoms with van der Waals surface area (Å²) < 4.78 is 1.30. The molecule has 0 saturated carbocycles. The first-order chi connectivity index (χ1) is 11.9. The molecular formula is C24H35I. The lowest BCUT2D eigenvalue weighted by atomic mass is 9.87. The summed E-state index contributed by atoms with van der Waals surface area (Å²) in [7, 11) is 0. The van der Waals surface area contributed by atoms with Crippen molar-refractivity contribution in [2.45, 2.75) is 78.1 Å². The predicted octanol–water partition coefficient (Wildman–Crippen LogP) is 8.18. The lowest BCUT2D eigenvalue weighted by Crippen LogP contribution is -2.10. The van der Waals surface area contributed by atoms with Crippen molar-refractivity contribution in [2.75, 3.05) is 0 Å². The van der Waals surface area contributed by atoms with Crippen LogP contribution in [0, 0.1) is 3.57 Å². The molecule has 0 fully saturated rings. The summed E-state index contributed by atoms with van der Waals surface area (Å²) in [5.74, 6) is 0. The van der Waals surface area contributed by atoms with Crippen molar-refractivity contribution < 1.29 is 0 Å². The lowest BCUT2D eigenvalue weighted by Gasteiger charge is -2.18. The van der Waals surface area contributed by atoms with Gasteiger partial charge in [-0.25, -0.2) is 0 Å². The van der Waals surface area contributed by atoms with Gasteiger partial charge in [-0.3, -0.25) is 0 Å². The molecule has 0 heterocycles. The van der Waals surface area contributed by atoms with Crippen LogP contribution in [0.3, 0.4) is 0 Å². The second-order valence-corrected chi connectivity index (χ2v) is 9.01. The predicted molar refractivity (Wildman–Crippen MR) is 121 cm³/mol. The van der Waals surface area contributed by atoms with E-state index in [1.54, 1.807) is 0 Å². The molecule has 0 N–H and O–H groups in total. The highest BCUT2D eigenvalue weighted by molar-refractivity contribution is 14.1. The van der Waals surface area contributed by atoms with Gasteiger partial charge in [0.15, 0.2) is 0 Å². The van der Waals surface area contributed by atoms with E-state index in [4.69, 9.17) is 0 Å². The first-order valence-corrected chi connectivity index (χ1v) is 10.8. The zero-order valence-electron chi connectivity index (χ0n) is 16.5. The maximum absolute atomic E-state index is 2.32. The van der Waals surface area contributed by atoms with Gasteiger partial charge in [0.1, 0.15) is 0 Å². The number of rotatable bonds is 7. The lowest BCUT2D eigenvalue weighted by molar-refractivity contribution is 0.590. The summed E-state index contributed by atoms with van der Waals surface area (Å²) in [5, 5.41) is 0. The minimum atomic E-state index is 0.282. The highest BCUT2D eigenvalue weighted by atomic mass is 127. The van der Waals surface area contributed by atoms with Crippen LogP contribution in [-0.2, 0) is 11.8 Å². The van der Waals surface area contributed by atoms with Gasteiger partial charge in [-0.2, -0.15) is 0 Å². The van der Waals surface area contributed by atoms with Crippen molar-refractivity contribution in [1.82, 2.24) is 0 Å². The Labute approximate surface area is 169 Å². The Kier molecular flexibility index (Phi) is 11.1. The number of unbranched alkanes of at least 4 members (excludes halogenated alkanes) is 5. The number of aryl methyl sites for hydroxylation is 1. The van der Waals surface area contributed by atoms with Crippen molar-refractivity contribution in [2.24, 2.45) is 0 Å². The molecule has 138 valence electrons. The molecule has 0 radical (unpaired) electrons. The highest BCUT2D eigenvalue weighted by Crippen LogP contribution is 2.22. The average molecular weight is 450 g/mol. The van der Waals surface area contributed by atoms with Gasteiger partial charge in [-0.15, -0.1) is 0 Å². The Balaban J connectivity index is 0.000000257. The van der Waals surface area contributed by atoms with Gasteiger partial charge in [-0.1, -0.05) is 102 Å². The van der Waals surface area contributed by atoms with E-state index in [0.29, 0.717) is 0 Å². The van der Waals surface area contributed by atoms with Crippen LogP contribution in [0.25, 0.3) is 0 Å². The summed E-state index contributed by atoms with van der Waals surface area (Å²) in [6, 6.07) is 19.5. The fourth-order valence-electron chi connectivity index (χ4n) is 2.70. The normalized spacial score (nSPS) is 10.9. The summed E-state index contributed by atoms with van der Waals surface area (Å²) in [5.41, 5.74) is 3.17. The number of hydrogen-bond donors (Lipinski definition) is 0. The van der Waals surface area contributed by atoms with Gasteiger partial charge in [0.05, 0.1) is 0 Å². The van der Waals surface area contributed by atoms with Crippen LogP contribution in [-0.4, -0.2) is 0 Å². The highest BCUT2D eigenvalue weighted by Gasteiger charge is 2.12. The Morgan fingerprint density at radius 2 is 1.28 bits per heavy atom.